The van der Waals surface area contributed by atoms with E-state index in [9.17, 15) is 9.59 Å². The Labute approximate surface area is 157 Å². The first-order valence-electron chi connectivity index (χ1n) is 8.50. The molecule has 0 saturated heterocycles. The van der Waals surface area contributed by atoms with E-state index in [1.54, 1.807) is 24.1 Å². The van der Waals surface area contributed by atoms with Crippen molar-refractivity contribution in [2.24, 2.45) is 0 Å². The van der Waals surface area contributed by atoms with Crippen LogP contribution in [0.4, 0.5) is 5.69 Å². The highest BCUT2D eigenvalue weighted by molar-refractivity contribution is 8.00. The summed E-state index contributed by atoms with van der Waals surface area (Å²) < 4.78 is 5.71. The molecule has 1 atom stereocenters. The third-order valence-electron chi connectivity index (χ3n) is 4.19. The third kappa shape index (κ3) is 4.19. The highest BCUT2D eigenvalue weighted by Gasteiger charge is 2.24. The maximum absolute atomic E-state index is 12.6. The summed E-state index contributed by atoms with van der Waals surface area (Å²) in [5, 5.41) is 2.74. The van der Waals surface area contributed by atoms with Gasteiger partial charge >= 0.3 is 0 Å². The van der Waals surface area contributed by atoms with Crippen molar-refractivity contribution in [2.75, 3.05) is 25.5 Å². The van der Waals surface area contributed by atoms with Crippen molar-refractivity contribution in [1.82, 2.24) is 4.90 Å². The average molecular weight is 370 g/mol. The highest BCUT2D eigenvalue weighted by atomic mass is 32.2. The number of aryl methyl sites for hydroxylation is 1. The molecule has 26 heavy (non-hydrogen) atoms. The van der Waals surface area contributed by atoms with Gasteiger partial charge in [-0.05, 0) is 49.7 Å². The first-order chi connectivity index (χ1) is 12.4. The molecule has 0 spiro atoms. The number of thioether (sulfide) groups is 1. The molecule has 0 bridgehead atoms. The number of hydrogen-bond donors (Lipinski definition) is 1. The second-order valence-corrected chi connectivity index (χ2v) is 7.73. The summed E-state index contributed by atoms with van der Waals surface area (Å²) in [6, 6.07) is 13.3. The van der Waals surface area contributed by atoms with Gasteiger partial charge < -0.3 is 15.0 Å². The van der Waals surface area contributed by atoms with E-state index < -0.39 is 0 Å². The van der Waals surface area contributed by atoms with Gasteiger partial charge in [0.15, 0.2) is 0 Å². The van der Waals surface area contributed by atoms with Gasteiger partial charge in [0.1, 0.15) is 12.4 Å². The Morgan fingerprint density at radius 2 is 2.08 bits per heavy atom. The molecule has 0 radical (unpaired) electrons. The number of fused-ring (bicyclic) bond motifs is 1. The largest absolute Gasteiger partial charge is 0.492 e. The lowest BCUT2D eigenvalue weighted by molar-refractivity contribution is -0.115. The predicted octanol–water partition coefficient (Wildman–Crippen LogP) is 3.58. The Hall–Kier alpha value is -2.47. The van der Waals surface area contributed by atoms with Crippen LogP contribution in [-0.4, -0.2) is 42.2 Å². The predicted molar refractivity (Wildman–Crippen MR) is 104 cm³/mol. The Kier molecular flexibility index (Phi) is 5.52. The van der Waals surface area contributed by atoms with Gasteiger partial charge in [0.25, 0.3) is 5.91 Å². The minimum absolute atomic E-state index is 0.0352. The van der Waals surface area contributed by atoms with E-state index in [1.165, 1.54) is 11.8 Å². The standard InChI is InChI=1S/C20H22N2O3S/c1-13-5-4-6-16(11-13)25-10-9-22(3)20(24)15-7-8-18-17(12-15)21-19(23)14(2)26-18/h4-8,11-12,14H,9-10H2,1-3H3,(H,21,23). The number of likely N-dealkylation sites (N-methyl/N-ethyl adjacent to an activating group) is 1. The fourth-order valence-electron chi connectivity index (χ4n) is 2.67. The number of nitrogens with zero attached hydrogens (tertiary/aromatic N) is 1. The van der Waals surface area contributed by atoms with Gasteiger partial charge in [0.05, 0.1) is 17.5 Å². The molecule has 0 aromatic heterocycles. The van der Waals surface area contributed by atoms with E-state index in [2.05, 4.69) is 5.32 Å². The van der Waals surface area contributed by atoms with Crippen molar-refractivity contribution < 1.29 is 14.3 Å². The maximum Gasteiger partial charge on any atom is 0.253 e. The van der Waals surface area contributed by atoms with Crippen molar-refractivity contribution in [2.45, 2.75) is 24.0 Å². The molecule has 1 aliphatic heterocycles. The van der Waals surface area contributed by atoms with Gasteiger partial charge in [-0.1, -0.05) is 12.1 Å². The van der Waals surface area contributed by atoms with E-state index >= 15 is 0 Å². The summed E-state index contributed by atoms with van der Waals surface area (Å²) in [6.45, 7) is 4.77. The van der Waals surface area contributed by atoms with Crippen LogP contribution in [0.15, 0.2) is 47.4 Å². The number of carbonyl (C=O) groups excluding carboxylic acids is 2. The second kappa shape index (κ2) is 7.83. The summed E-state index contributed by atoms with van der Waals surface area (Å²) >= 11 is 1.50. The molecule has 1 N–H and O–H groups in total. The van der Waals surface area contributed by atoms with Gasteiger partial charge in [-0.25, -0.2) is 0 Å². The zero-order chi connectivity index (χ0) is 18.7. The van der Waals surface area contributed by atoms with Crippen molar-refractivity contribution in [3.63, 3.8) is 0 Å². The van der Waals surface area contributed by atoms with Gasteiger partial charge in [0, 0.05) is 17.5 Å². The normalized spacial score (nSPS) is 15.8. The maximum atomic E-state index is 12.6. The van der Waals surface area contributed by atoms with Crippen LogP contribution in [0.1, 0.15) is 22.8 Å². The molecule has 1 aliphatic rings. The number of ether oxygens (including phenoxy) is 1. The molecule has 0 fully saturated rings. The van der Waals surface area contributed by atoms with Gasteiger partial charge in [-0.3, -0.25) is 9.59 Å². The molecule has 2 aromatic rings. The molecule has 2 amide bonds. The molecule has 3 rings (SSSR count). The lowest BCUT2D eigenvalue weighted by Crippen LogP contribution is -2.31. The SMILES string of the molecule is Cc1cccc(OCCN(C)C(=O)c2ccc3c(c2)NC(=O)C(C)S3)c1. The fourth-order valence-corrected chi connectivity index (χ4v) is 3.60. The van der Waals surface area contributed by atoms with E-state index in [0.717, 1.165) is 16.2 Å². The minimum Gasteiger partial charge on any atom is -0.492 e. The summed E-state index contributed by atoms with van der Waals surface area (Å²) in [7, 11) is 1.75. The number of benzene rings is 2. The number of rotatable bonds is 5. The molecular weight excluding hydrogens is 348 g/mol. The van der Waals surface area contributed by atoms with Crippen molar-refractivity contribution in [3.05, 3.63) is 53.6 Å². The van der Waals surface area contributed by atoms with Crippen LogP contribution in [0.25, 0.3) is 0 Å². The van der Waals surface area contributed by atoms with E-state index in [4.69, 9.17) is 4.74 Å². The lowest BCUT2D eigenvalue weighted by Gasteiger charge is -2.23. The van der Waals surface area contributed by atoms with Crippen molar-refractivity contribution in [3.8, 4) is 5.75 Å². The van der Waals surface area contributed by atoms with Crippen molar-refractivity contribution in [1.29, 1.82) is 0 Å². The molecule has 1 heterocycles. The van der Waals surface area contributed by atoms with E-state index in [-0.39, 0.29) is 17.1 Å². The van der Waals surface area contributed by atoms with Gasteiger partial charge in [-0.2, -0.15) is 0 Å². The van der Waals surface area contributed by atoms with Gasteiger partial charge in [-0.15, -0.1) is 11.8 Å². The smallest absolute Gasteiger partial charge is 0.253 e. The summed E-state index contributed by atoms with van der Waals surface area (Å²) in [4.78, 5) is 27.1. The molecule has 0 aliphatic carbocycles. The zero-order valence-corrected chi connectivity index (χ0v) is 15.9. The number of amides is 2. The molecule has 6 heteroatoms. The number of carbonyl (C=O) groups is 2. The number of anilines is 1. The molecule has 136 valence electrons. The molecule has 1 unspecified atom stereocenters. The van der Waals surface area contributed by atoms with Crippen LogP contribution < -0.4 is 10.1 Å². The fraction of sp³-hybridized carbons (Fsp3) is 0.300. The van der Waals surface area contributed by atoms with Crippen LogP contribution in [0.2, 0.25) is 0 Å². The Morgan fingerprint density at radius 1 is 1.27 bits per heavy atom. The topological polar surface area (TPSA) is 58.6 Å². The van der Waals surface area contributed by atoms with Crippen LogP contribution in [-0.2, 0) is 4.79 Å². The van der Waals surface area contributed by atoms with Gasteiger partial charge in [0.2, 0.25) is 5.91 Å². The molecule has 5 nitrogen and oxygen atoms in total. The first kappa shape index (κ1) is 18.3. The van der Waals surface area contributed by atoms with E-state index in [1.807, 2.05) is 44.2 Å². The Morgan fingerprint density at radius 3 is 2.85 bits per heavy atom. The lowest BCUT2D eigenvalue weighted by atomic mass is 10.1. The minimum atomic E-state index is -0.120. The Bertz CT molecular complexity index is 838. The van der Waals surface area contributed by atoms with Crippen LogP contribution in [0.5, 0.6) is 5.75 Å². The van der Waals surface area contributed by atoms with E-state index in [0.29, 0.717) is 24.4 Å². The number of hydrogen-bond acceptors (Lipinski definition) is 4. The zero-order valence-electron chi connectivity index (χ0n) is 15.1. The monoisotopic (exact) mass is 370 g/mol. The summed E-state index contributed by atoms with van der Waals surface area (Å²) in [5.74, 6) is 0.666. The summed E-state index contributed by atoms with van der Waals surface area (Å²) in [6.07, 6.45) is 0. The van der Waals surface area contributed by atoms with Crippen molar-refractivity contribution >= 4 is 29.3 Å². The van der Waals surface area contributed by atoms with Crippen LogP contribution in [0, 0.1) is 6.92 Å². The van der Waals surface area contributed by atoms with Crippen LogP contribution >= 0.6 is 11.8 Å². The molecule has 2 aromatic carbocycles. The van der Waals surface area contributed by atoms with Crippen LogP contribution in [0.3, 0.4) is 0 Å². The summed E-state index contributed by atoms with van der Waals surface area (Å²) in [5.41, 5.74) is 2.39. The molecule has 0 saturated carbocycles. The average Bonchev–Trinajstić information content (AvgIpc) is 2.61. The number of nitrogens with one attached hydrogen (secondary N) is 1. The first-order valence-corrected chi connectivity index (χ1v) is 9.38. The quantitative estimate of drug-likeness (QED) is 0.874. The second-order valence-electron chi connectivity index (χ2n) is 6.35. The molecular formula is C20H22N2O3S. The Balaban J connectivity index is 1.60. The third-order valence-corrected chi connectivity index (χ3v) is 5.37. The highest BCUT2D eigenvalue weighted by Crippen LogP contribution is 2.36.